The minimum atomic E-state index is -0.0232. The molecule has 5 heterocycles. The first-order valence-corrected chi connectivity index (χ1v) is 19.5. The third-order valence-corrected chi connectivity index (χ3v) is 11.1. The summed E-state index contributed by atoms with van der Waals surface area (Å²) in [4.78, 5) is 14.0. The third kappa shape index (κ3) is 6.07. The van der Waals surface area contributed by atoms with Gasteiger partial charge in [0.15, 0.2) is 0 Å². The Morgan fingerprint density at radius 1 is 0.559 bits per heavy atom. The number of benzene rings is 6. The van der Waals surface area contributed by atoms with Crippen LogP contribution in [0, 0.1) is 18.8 Å². The first-order chi connectivity index (χ1) is 28.4. The van der Waals surface area contributed by atoms with E-state index in [9.17, 15) is 0 Å². The van der Waals surface area contributed by atoms with Crippen LogP contribution in [0.2, 0.25) is 0 Å². The number of hydrogen-bond acceptors (Lipinski definition) is 5. The van der Waals surface area contributed by atoms with Crippen molar-refractivity contribution in [3.05, 3.63) is 188 Å². The molecule has 7 nitrogen and oxygen atoms in total. The average molecular weight is 945 g/mol. The van der Waals surface area contributed by atoms with Crippen LogP contribution in [0.3, 0.4) is 0 Å². The Morgan fingerprint density at radius 2 is 1.25 bits per heavy atom. The summed E-state index contributed by atoms with van der Waals surface area (Å²) < 4.78 is 11.1. The zero-order chi connectivity index (χ0) is 39.0. The van der Waals surface area contributed by atoms with Crippen LogP contribution in [-0.2, 0) is 26.5 Å². The quantitative estimate of drug-likeness (QED) is 0.156. The molecule has 10 aromatic rings. The summed E-state index contributed by atoms with van der Waals surface area (Å²) in [5.41, 5.74) is 9.35. The van der Waals surface area contributed by atoms with Crippen molar-refractivity contribution >= 4 is 66.5 Å². The van der Waals surface area contributed by atoms with Crippen LogP contribution in [0.4, 0.5) is 22.9 Å². The summed E-state index contributed by atoms with van der Waals surface area (Å²) in [6, 6.07) is 59.7. The Hall–Kier alpha value is -6.69. The van der Waals surface area contributed by atoms with E-state index in [0.29, 0.717) is 11.5 Å². The van der Waals surface area contributed by atoms with Crippen molar-refractivity contribution in [3.8, 4) is 23.0 Å². The van der Waals surface area contributed by atoms with Gasteiger partial charge in [-0.2, -0.15) is 12.1 Å². The SMILES string of the molecule is CC(C)(C)c1ccnc(-n2c3[c-]c(Oc4[c-]c(N5[CH-]N(c6cccc7c8ccccc8n(-c8ccccc8)c67)c6cccnc65)ccc4)ccc3c3ccccc32)c1.[Pt]. The van der Waals surface area contributed by atoms with Gasteiger partial charge >= 0.3 is 0 Å². The molecule has 8 heteroatoms. The molecule has 0 amide bonds. The predicted octanol–water partition coefficient (Wildman–Crippen LogP) is 12.8. The maximum atomic E-state index is 6.58. The van der Waals surface area contributed by atoms with Crippen LogP contribution in [0.5, 0.6) is 11.5 Å². The maximum Gasteiger partial charge on any atom is 0.135 e. The Labute approximate surface area is 357 Å². The Morgan fingerprint density at radius 3 is 2.07 bits per heavy atom. The number of aromatic nitrogens is 4. The Balaban J connectivity index is 0.00000420. The summed E-state index contributed by atoms with van der Waals surface area (Å²) in [7, 11) is 0. The van der Waals surface area contributed by atoms with E-state index < -0.39 is 0 Å². The van der Waals surface area contributed by atoms with Crippen LogP contribution >= 0.6 is 0 Å². The van der Waals surface area contributed by atoms with E-state index >= 15 is 0 Å². The van der Waals surface area contributed by atoms with Crippen molar-refractivity contribution in [2.75, 3.05) is 9.80 Å². The van der Waals surface area contributed by atoms with Crippen LogP contribution in [-0.4, -0.2) is 19.1 Å². The zero-order valence-corrected chi connectivity index (χ0v) is 34.8. The van der Waals surface area contributed by atoms with Crippen LogP contribution in [0.15, 0.2) is 164 Å². The molecule has 1 aliphatic heterocycles. The zero-order valence-electron chi connectivity index (χ0n) is 32.6. The standard InChI is InChI=1S/C51H37N6O.Pt/c1-51(2,3)34-27-29-52-48(30-34)57-44-22-10-7-18-39(44)41-26-25-38(32-47(41)57)58-37-17-11-16-36(31-37)54-33-55(46-24-13-28-53-50(46)54)45-23-12-20-42-40-19-8-9-21-43(40)56(49(42)45)35-14-5-4-6-15-35;/h4-30,33H,1-3H3;/q-3;. The summed E-state index contributed by atoms with van der Waals surface area (Å²) >= 11 is 0. The van der Waals surface area contributed by atoms with Gasteiger partial charge in [-0.15, -0.1) is 42.4 Å². The molecule has 6 aromatic carbocycles. The summed E-state index contributed by atoms with van der Waals surface area (Å²) in [6.07, 6.45) is 3.73. The maximum absolute atomic E-state index is 6.58. The summed E-state index contributed by atoms with van der Waals surface area (Å²) in [5.74, 6) is 2.81. The monoisotopic (exact) mass is 944 g/mol. The normalized spacial score (nSPS) is 12.7. The van der Waals surface area contributed by atoms with E-state index in [2.05, 4.69) is 180 Å². The van der Waals surface area contributed by atoms with E-state index in [1.54, 1.807) is 0 Å². The van der Waals surface area contributed by atoms with Gasteiger partial charge in [0.05, 0.1) is 16.7 Å². The predicted molar refractivity (Wildman–Crippen MR) is 235 cm³/mol. The molecule has 11 rings (SSSR count). The molecular weight excluding hydrogens is 908 g/mol. The van der Waals surface area contributed by atoms with Crippen LogP contribution in [0.25, 0.3) is 55.1 Å². The first-order valence-electron chi connectivity index (χ1n) is 19.5. The number of pyridine rings is 2. The van der Waals surface area contributed by atoms with Crippen LogP contribution < -0.4 is 14.5 Å². The van der Waals surface area contributed by atoms with Crippen molar-refractivity contribution in [1.82, 2.24) is 19.1 Å². The minimum absolute atomic E-state index is 0. The Bertz CT molecular complexity index is 3200. The number of anilines is 4. The second-order valence-electron chi connectivity index (χ2n) is 15.7. The molecule has 0 saturated heterocycles. The minimum Gasteiger partial charge on any atom is -0.509 e. The van der Waals surface area contributed by atoms with Gasteiger partial charge in [0.25, 0.3) is 0 Å². The number of rotatable bonds is 6. The van der Waals surface area contributed by atoms with E-state index in [-0.39, 0.29) is 26.5 Å². The largest absolute Gasteiger partial charge is 0.509 e. The molecule has 4 aromatic heterocycles. The molecule has 1 aliphatic rings. The number of hydrogen-bond donors (Lipinski definition) is 0. The topological polar surface area (TPSA) is 51.4 Å². The molecule has 0 saturated carbocycles. The molecule has 0 unspecified atom stereocenters. The second kappa shape index (κ2) is 14.3. The van der Waals surface area contributed by atoms with Gasteiger partial charge in [0.1, 0.15) is 11.6 Å². The molecule has 0 aliphatic carbocycles. The molecule has 0 bridgehead atoms. The molecular formula is C51H37N6OPt-3. The van der Waals surface area contributed by atoms with Gasteiger partial charge in [0, 0.05) is 72.6 Å². The average Bonchev–Trinajstić information content (AvgIpc) is 3.92. The molecule has 290 valence electrons. The van der Waals surface area contributed by atoms with Gasteiger partial charge in [-0.05, 0) is 71.0 Å². The number of para-hydroxylation sites is 4. The van der Waals surface area contributed by atoms with Crippen molar-refractivity contribution in [2.24, 2.45) is 0 Å². The fourth-order valence-corrected chi connectivity index (χ4v) is 8.34. The van der Waals surface area contributed by atoms with E-state index in [1.807, 2.05) is 42.7 Å². The molecule has 0 radical (unpaired) electrons. The first kappa shape index (κ1) is 36.6. The fourth-order valence-electron chi connectivity index (χ4n) is 8.34. The molecule has 59 heavy (non-hydrogen) atoms. The van der Waals surface area contributed by atoms with Gasteiger partial charge in [0.2, 0.25) is 0 Å². The number of nitrogens with zero attached hydrogens (tertiary/aromatic N) is 6. The number of fused-ring (bicyclic) bond motifs is 7. The van der Waals surface area contributed by atoms with Gasteiger partial charge in [-0.1, -0.05) is 98.7 Å². The second-order valence-corrected chi connectivity index (χ2v) is 15.7. The summed E-state index contributed by atoms with van der Waals surface area (Å²) in [5, 5.41) is 4.60. The van der Waals surface area contributed by atoms with Gasteiger partial charge in [-0.3, -0.25) is 0 Å². The van der Waals surface area contributed by atoms with Crippen molar-refractivity contribution in [2.45, 2.75) is 26.2 Å². The van der Waals surface area contributed by atoms with E-state index in [4.69, 9.17) is 14.7 Å². The third-order valence-electron chi connectivity index (χ3n) is 11.1. The smallest absolute Gasteiger partial charge is 0.135 e. The fraction of sp³-hybridized carbons (Fsp3) is 0.0784. The van der Waals surface area contributed by atoms with Crippen molar-refractivity contribution in [1.29, 1.82) is 0 Å². The van der Waals surface area contributed by atoms with E-state index in [1.165, 1.54) is 16.3 Å². The van der Waals surface area contributed by atoms with E-state index in [0.717, 1.165) is 67.2 Å². The van der Waals surface area contributed by atoms with Gasteiger partial charge < -0.3 is 23.7 Å². The van der Waals surface area contributed by atoms with Crippen LogP contribution in [0.1, 0.15) is 26.3 Å². The molecule has 0 fully saturated rings. The van der Waals surface area contributed by atoms with Crippen molar-refractivity contribution < 1.29 is 25.8 Å². The molecule has 0 atom stereocenters. The molecule has 0 N–H and O–H groups in total. The molecule has 0 spiro atoms. The number of ether oxygens (including phenoxy) is 1. The van der Waals surface area contributed by atoms with Crippen molar-refractivity contribution in [3.63, 3.8) is 0 Å². The Kier molecular flexibility index (Phi) is 8.88. The van der Waals surface area contributed by atoms with Gasteiger partial charge in [-0.25, -0.2) is 9.97 Å². The summed E-state index contributed by atoms with van der Waals surface area (Å²) in [6.45, 7) is 8.77.